The van der Waals surface area contributed by atoms with E-state index in [-0.39, 0.29) is 138 Å². The summed E-state index contributed by atoms with van der Waals surface area (Å²) in [7, 11) is 0. The highest BCUT2D eigenvalue weighted by Gasteiger charge is 2.16. The van der Waals surface area contributed by atoms with Gasteiger partial charge in [0.25, 0.3) is 17.7 Å². The van der Waals surface area contributed by atoms with Crippen LogP contribution in [0.25, 0.3) is 0 Å². The molecule has 0 saturated heterocycles. The minimum atomic E-state index is -0.418. The zero-order valence-electron chi connectivity index (χ0n) is 31.4. The Morgan fingerprint density at radius 2 is 0.646 bits per heavy atom. The van der Waals surface area contributed by atoms with Crippen LogP contribution in [-0.2, 0) is 28.4 Å². The van der Waals surface area contributed by atoms with Gasteiger partial charge in [0.05, 0.1) is 71.2 Å². The highest BCUT2D eigenvalue weighted by atomic mass is 16.6. The van der Waals surface area contributed by atoms with E-state index in [1.165, 1.54) is 0 Å². The molecule has 3 aromatic carbocycles. The first-order valence-electron chi connectivity index (χ1n) is 18.0. The van der Waals surface area contributed by atoms with Gasteiger partial charge in [-0.3, -0.25) is 14.4 Å². The topological polar surface area (TPSA) is 221 Å². The zero-order valence-corrected chi connectivity index (χ0v) is 31.4. The molecule has 3 atom stereocenters. The van der Waals surface area contributed by atoms with Crippen LogP contribution < -0.4 is 33.2 Å². The van der Waals surface area contributed by atoms with Gasteiger partial charge in [0, 0.05) is 53.4 Å². The normalized spacial score (nSPS) is 11.1. The van der Waals surface area contributed by atoms with Gasteiger partial charge >= 0.3 is 0 Å². The van der Waals surface area contributed by atoms with E-state index in [1.54, 1.807) is 72.8 Å². The third-order valence-corrected chi connectivity index (χ3v) is 7.77. The van der Waals surface area contributed by atoms with Gasteiger partial charge in [-0.2, -0.15) is 0 Å². The molecule has 0 radical (unpaired) electrons. The Bertz CT molecular complexity index is 1450. The van der Waals surface area contributed by atoms with E-state index in [4.69, 9.17) is 45.6 Å². The third kappa shape index (κ3) is 34.3. The van der Waals surface area contributed by atoms with Crippen LogP contribution in [0, 0.1) is 0 Å². The van der Waals surface area contributed by atoms with Crippen LogP contribution in [0.2, 0.25) is 0 Å². The Hall–Kier alpha value is -4.77. The molecule has 0 bridgehead atoms. The molecule has 3 unspecified atom stereocenters. The second kappa shape index (κ2) is 45.8. The molecular formula is C50H100N6O9. The molecule has 15 nitrogen and oxygen atoms in total. The van der Waals surface area contributed by atoms with Crippen molar-refractivity contribution in [1.82, 2.24) is 16.0 Å². The van der Waals surface area contributed by atoms with Crippen molar-refractivity contribution in [1.29, 1.82) is 0 Å². The van der Waals surface area contributed by atoms with Gasteiger partial charge in [0.2, 0.25) is 0 Å². The van der Waals surface area contributed by atoms with E-state index >= 15 is 0 Å². The zero-order chi connectivity index (χ0) is 39.1. The molecule has 384 valence electrons. The van der Waals surface area contributed by atoms with Crippen LogP contribution in [0.1, 0.15) is 134 Å². The Morgan fingerprint density at radius 3 is 0.908 bits per heavy atom. The SMILES string of the molecule is C.C.C.C.C.C.C.C.C.C.C.CC(COCC(COCC(C)OCCNC(=O)c1ccc(N)cc1)OCC(C)OCCNC(=O)c1ccc(N)cc1)OCCNC(=O)c1ccc(N)cc1. The van der Waals surface area contributed by atoms with Crippen LogP contribution >= 0.6 is 0 Å². The molecule has 0 aliphatic heterocycles. The summed E-state index contributed by atoms with van der Waals surface area (Å²) in [6, 6.07) is 20.1. The largest absolute Gasteiger partial charge is 0.399 e. The van der Waals surface area contributed by atoms with Gasteiger partial charge in [0.15, 0.2) is 0 Å². The Balaban J connectivity index is -0.000000407. The lowest BCUT2D eigenvalue weighted by Crippen LogP contribution is -2.34. The fraction of sp³-hybridized carbons (Fsp3) is 0.580. The van der Waals surface area contributed by atoms with Crippen LogP contribution in [0.3, 0.4) is 0 Å². The number of nitrogen functional groups attached to an aromatic ring is 3. The highest BCUT2D eigenvalue weighted by Crippen LogP contribution is 2.08. The fourth-order valence-corrected chi connectivity index (χ4v) is 4.77. The molecular weight excluding hydrogens is 829 g/mol. The lowest BCUT2D eigenvalue weighted by atomic mass is 10.2. The van der Waals surface area contributed by atoms with Gasteiger partial charge in [-0.25, -0.2) is 0 Å². The highest BCUT2D eigenvalue weighted by molar-refractivity contribution is 5.95. The summed E-state index contributed by atoms with van der Waals surface area (Å²) >= 11 is 0. The molecule has 9 N–H and O–H groups in total. The second-order valence-corrected chi connectivity index (χ2v) is 12.7. The van der Waals surface area contributed by atoms with Gasteiger partial charge in [-0.1, -0.05) is 81.7 Å². The monoisotopic (exact) mass is 929 g/mol. The molecule has 0 aromatic heterocycles. The van der Waals surface area contributed by atoms with Crippen LogP contribution in [0.4, 0.5) is 17.1 Å². The van der Waals surface area contributed by atoms with Crippen LogP contribution in [0.15, 0.2) is 72.8 Å². The molecule has 0 aliphatic carbocycles. The number of carbonyl (C=O) groups is 3. The van der Waals surface area contributed by atoms with Crippen molar-refractivity contribution in [2.75, 3.05) is 89.7 Å². The van der Waals surface area contributed by atoms with Crippen molar-refractivity contribution in [3.8, 4) is 0 Å². The third-order valence-electron chi connectivity index (χ3n) is 7.77. The van der Waals surface area contributed by atoms with Crippen molar-refractivity contribution in [3.05, 3.63) is 89.5 Å². The minimum absolute atomic E-state index is 0. The summed E-state index contributed by atoms with van der Waals surface area (Å²) in [5, 5.41) is 8.46. The molecule has 0 spiro atoms. The average Bonchev–Trinajstić information content (AvgIpc) is 3.16. The average molecular weight is 929 g/mol. The second-order valence-electron chi connectivity index (χ2n) is 12.7. The fourth-order valence-electron chi connectivity index (χ4n) is 4.77. The quantitative estimate of drug-likeness (QED) is 0.0327. The van der Waals surface area contributed by atoms with Crippen molar-refractivity contribution in [2.24, 2.45) is 0 Å². The molecule has 3 amide bonds. The Morgan fingerprint density at radius 1 is 0.400 bits per heavy atom. The van der Waals surface area contributed by atoms with Gasteiger partial charge in [-0.05, 0) is 93.6 Å². The molecule has 0 heterocycles. The summed E-state index contributed by atoms with van der Waals surface area (Å²) < 4.78 is 35.4. The van der Waals surface area contributed by atoms with Gasteiger partial charge in [0.1, 0.15) is 6.10 Å². The maximum Gasteiger partial charge on any atom is 0.251 e. The predicted molar refractivity (Wildman–Crippen MR) is 281 cm³/mol. The van der Waals surface area contributed by atoms with E-state index in [1.807, 2.05) is 20.8 Å². The minimum Gasteiger partial charge on any atom is -0.399 e. The number of nitrogens with two attached hydrogens (primary N) is 3. The van der Waals surface area contributed by atoms with Crippen molar-refractivity contribution in [3.63, 3.8) is 0 Å². The van der Waals surface area contributed by atoms with Crippen molar-refractivity contribution in [2.45, 2.75) is 127 Å². The standard InChI is InChI=1S/C39H56N6O9.11CH4/c1-27(51-19-16-43-37(46)30-4-10-33(40)11-5-30)22-49-25-36(54-24-29(3)53-21-18-45-39(48)32-8-14-35(42)15-9-32)26-50-23-28(2)52-20-17-44-38(47)31-6-12-34(41)13-7-31;;;;;;;;;;;/h4-15,27-29,36H,16-26,40-42H2,1-3H3,(H,43,46)(H,44,47)(H,45,48);11*1H4. The summed E-state index contributed by atoms with van der Waals surface area (Å²) in [6.07, 6.45) is -1.16. The maximum absolute atomic E-state index is 12.3. The first kappa shape index (κ1) is 80.5. The van der Waals surface area contributed by atoms with Crippen molar-refractivity contribution >= 4 is 34.8 Å². The number of rotatable bonds is 26. The van der Waals surface area contributed by atoms with E-state index in [9.17, 15) is 14.4 Å². The number of hydrogen-bond donors (Lipinski definition) is 6. The Labute approximate surface area is 398 Å². The molecule has 0 aliphatic rings. The lowest BCUT2D eigenvalue weighted by Gasteiger charge is -2.23. The number of amides is 3. The first-order chi connectivity index (χ1) is 26.0. The molecule has 65 heavy (non-hydrogen) atoms. The summed E-state index contributed by atoms with van der Waals surface area (Å²) in [6.45, 7) is 8.91. The van der Waals surface area contributed by atoms with E-state index in [0.29, 0.717) is 86.4 Å². The molecule has 0 fully saturated rings. The van der Waals surface area contributed by atoms with Gasteiger partial charge < -0.3 is 61.6 Å². The number of anilines is 3. The summed E-state index contributed by atoms with van der Waals surface area (Å²) in [5.41, 5.74) is 20.4. The lowest BCUT2D eigenvalue weighted by molar-refractivity contribution is -0.107. The van der Waals surface area contributed by atoms with E-state index in [0.717, 1.165) is 0 Å². The van der Waals surface area contributed by atoms with E-state index < -0.39 is 6.10 Å². The number of nitrogens with one attached hydrogen (secondary N) is 3. The smallest absolute Gasteiger partial charge is 0.251 e. The van der Waals surface area contributed by atoms with Gasteiger partial charge in [-0.15, -0.1) is 0 Å². The molecule has 3 rings (SSSR count). The van der Waals surface area contributed by atoms with Crippen LogP contribution in [-0.4, -0.2) is 115 Å². The summed E-state index contributed by atoms with van der Waals surface area (Å²) in [5.74, 6) is -0.618. The van der Waals surface area contributed by atoms with E-state index in [2.05, 4.69) is 16.0 Å². The number of benzene rings is 3. The van der Waals surface area contributed by atoms with Crippen LogP contribution in [0.5, 0.6) is 0 Å². The Kier molecular flexibility index (Phi) is 56.7. The molecule has 3 aromatic rings. The van der Waals surface area contributed by atoms with Crippen molar-refractivity contribution < 1.29 is 42.8 Å². The number of hydrogen-bond acceptors (Lipinski definition) is 12. The number of carbonyl (C=O) groups excluding carboxylic acids is 3. The first-order valence-corrected chi connectivity index (χ1v) is 18.0. The predicted octanol–water partition coefficient (Wildman–Crippen LogP) is 9.65. The molecule has 0 saturated carbocycles. The number of ether oxygens (including phenoxy) is 6. The summed E-state index contributed by atoms with van der Waals surface area (Å²) in [4.78, 5) is 36.9. The molecule has 15 heteroatoms. The maximum atomic E-state index is 12.3.